The maximum atomic E-state index is 11.9. The van der Waals surface area contributed by atoms with Gasteiger partial charge in [-0.3, -0.25) is 19.0 Å². The van der Waals surface area contributed by atoms with Crippen molar-refractivity contribution in [3.05, 3.63) is 30.7 Å². The van der Waals surface area contributed by atoms with E-state index in [9.17, 15) is 9.59 Å². The lowest BCUT2D eigenvalue weighted by atomic mass is 10.3. The number of amides is 1. The number of nitrogens with one attached hydrogen (secondary N) is 1. The zero-order chi connectivity index (χ0) is 13.8. The van der Waals surface area contributed by atoms with Crippen LogP contribution in [-0.4, -0.2) is 36.5 Å². The van der Waals surface area contributed by atoms with Crippen molar-refractivity contribution in [1.29, 1.82) is 0 Å². The van der Waals surface area contributed by atoms with Gasteiger partial charge in [-0.25, -0.2) is 0 Å². The minimum atomic E-state index is -0.995. The predicted molar refractivity (Wildman–Crippen MR) is 65.4 cm³/mol. The van der Waals surface area contributed by atoms with Crippen LogP contribution in [0.15, 0.2) is 30.7 Å². The molecule has 2 heterocycles. The van der Waals surface area contributed by atoms with Gasteiger partial charge >= 0.3 is 5.97 Å². The Hall–Kier alpha value is -2.64. The van der Waals surface area contributed by atoms with Gasteiger partial charge in [0.05, 0.1) is 0 Å². The van der Waals surface area contributed by atoms with Crippen LogP contribution in [0.2, 0.25) is 0 Å². The molecule has 8 heteroatoms. The molecule has 0 aliphatic rings. The fourth-order valence-electron chi connectivity index (χ4n) is 1.52. The zero-order valence-corrected chi connectivity index (χ0v) is 10.2. The summed E-state index contributed by atoms with van der Waals surface area (Å²) in [7, 11) is 0. The summed E-state index contributed by atoms with van der Waals surface area (Å²) in [5.74, 6) is -0.958. The van der Waals surface area contributed by atoms with E-state index in [4.69, 9.17) is 5.11 Å². The van der Waals surface area contributed by atoms with Gasteiger partial charge in [0.25, 0.3) is 0 Å². The summed E-state index contributed by atoms with van der Waals surface area (Å²) in [5, 5.41) is 19.1. The molecule has 0 aromatic carbocycles. The minimum Gasteiger partial charge on any atom is -0.480 e. The first-order valence-corrected chi connectivity index (χ1v) is 5.61. The van der Waals surface area contributed by atoms with Crippen LogP contribution in [0.1, 0.15) is 13.0 Å². The van der Waals surface area contributed by atoms with Crippen molar-refractivity contribution < 1.29 is 14.7 Å². The highest BCUT2D eigenvalue weighted by molar-refractivity contribution is 5.92. The molecule has 2 N–H and O–H groups in total. The summed E-state index contributed by atoms with van der Waals surface area (Å²) >= 11 is 0. The summed E-state index contributed by atoms with van der Waals surface area (Å²) in [4.78, 5) is 22.4. The van der Waals surface area contributed by atoms with Crippen molar-refractivity contribution in [2.45, 2.75) is 19.5 Å². The Morgan fingerprint density at radius 2 is 2.26 bits per heavy atom. The fourth-order valence-corrected chi connectivity index (χ4v) is 1.52. The summed E-state index contributed by atoms with van der Waals surface area (Å²) in [6.45, 7) is 1.46. The summed E-state index contributed by atoms with van der Waals surface area (Å²) in [6, 6.07) is 2.79. The Labute approximate surface area is 108 Å². The zero-order valence-electron chi connectivity index (χ0n) is 10.2. The van der Waals surface area contributed by atoms with E-state index in [-0.39, 0.29) is 12.5 Å². The third-order valence-corrected chi connectivity index (χ3v) is 2.49. The maximum Gasteiger partial charge on any atom is 0.325 e. The Balaban J connectivity index is 1.99. The highest BCUT2D eigenvalue weighted by Gasteiger charge is 2.16. The van der Waals surface area contributed by atoms with Gasteiger partial charge in [-0.15, -0.1) is 0 Å². The second kappa shape index (κ2) is 5.34. The Morgan fingerprint density at radius 1 is 1.47 bits per heavy atom. The van der Waals surface area contributed by atoms with Crippen LogP contribution in [0.4, 0.5) is 5.82 Å². The number of carboxylic acids is 1. The van der Waals surface area contributed by atoms with Crippen molar-refractivity contribution in [3.8, 4) is 0 Å². The molecule has 0 radical (unpaired) electrons. The van der Waals surface area contributed by atoms with Gasteiger partial charge in [0.2, 0.25) is 5.91 Å². The Bertz CT molecular complexity index is 575. The van der Waals surface area contributed by atoms with Crippen LogP contribution in [0.25, 0.3) is 0 Å². The van der Waals surface area contributed by atoms with E-state index in [0.717, 1.165) is 0 Å². The monoisotopic (exact) mass is 263 g/mol. The van der Waals surface area contributed by atoms with Crippen LogP contribution in [0.3, 0.4) is 0 Å². The van der Waals surface area contributed by atoms with Crippen molar-refractivity contribution in [2.24, 2.45) is 0 Å². The van der Waals surface area contributed by atoms with Gasteiger partial charge in [-0.1, -0.05) is 0 Å². The van der Waals surface area contributed by atoms with E-state index < -0.39 is 12.0 Å². The molecule has 1 amide bonds. The van der Waals surface area contributed by atoms with Gasteiger partial charge < -0.3 is 10.4 Å². The van der Waals surface area contributed by atoms with Gasteiger partial charge in [-0.2, -0.15) is 10.2 Å². The minimum absolute atomic E-state index is 0.245. The number of anilines is 1. The summed E-state index contributed by atoms with van der Waals surface area (Å²) in [5.41, 5.74) is 0. The average Bonchev–Trinajstić information content (AvgIpc) is 2.98. The first-order valence-electron chi connectivity index (χ1n) is 5.61. The second-order valence-corrected chi connectivity index (χ2v) is 3.94. The van der Waals surface area contributed by atoms with E-state index in [1.54, 1.807) is 25.4 Å². The van der Waals surface area contributed by atoms with Crippen LogP contribution < -0.4 is 5.32 Å². The van der Waals surface area contributed by atoms with Crippen LogP contribution in [0, 0.1) is 0 Å². The molecule has 0 bridgehead atoms. The molecule has 0 saturated carbocycles. The highest BCUT2D eigenvalue weighted by Crippen LogP contribution is 2.09. The Morgan fingerprint density at radius 3 is 2.89 bits per heavy atom. The highest BCUT2D eigenvalue weighted by atomic mass is 16.4. The molecular weight excluding hydrogens is 250 g/mol. The lowest BCUT2D eigenvalue weighted by molar-refractivity contribution is -0.137. The van der Waals surface area contributed by atoms with Crippen molar-refractivity contribution >= 4 is 17.7 Å². The number of hydrogen-bond donors (Lipinski definition) is 2. The summed E-state index contributed by atoms with van der Waals surface area (Å²) in [6.07, 6.45) is 4.76. The molecule has 8 nitrogen and oxygen atoms in total. The molecule has 19 heavy (non-hydrogen) atoms. The van der Waals surface area contributed by atoms with E-state index in [2.05, 4.69) is 15.5 Å². The third-order valence-electron chi connectivity index (χ3n) is 2.49. The molecule has 0 fully saturated rings. The first kappa shape index (κ1) is 12.8. The van der Waals surface area contributed by atoms with E-state index in [0.29, 0.717) is 5.82 Å². The number of carbonyl (C=O) groups excluding carboxylic acids is 1. The molecule has 0 aliphatic heterocycles. The molecule has 0 spiro atoms. The second-order valence-electron chi connectivity index (χ2n) is 3.94. The number of rotatable bonds is 5. The largest absolute Gasteiger partial charge is 0.480 e. The number of carboxylic acid groups (broad SMARTS) is 1. The maximum absolute atomic E-state index is 11.9. The molecule has 100 valence electrons. The van der Waals surface area contributed by atoms with Gasteiger partial charge in [-0.05, 0) is 13.0 Å². The third kappa shape index (κ3) is 3.18. The Kier molecular flexibility index (Phi) is 3.60. The smallest absolute Gasteiger partial charge is 0.325 e. The molecule has 1 unspecified atom stereocenters. The molecule has 1 atom stereocenters. The SMILES string of the molecule is CC(C(=O)Nc1ccn(CC(=O)O)n1)n1cccn1. The lowest BCUT2D eigenvalue weighted by Crippen LogP contribution is -2.24. The topological polar surface area (TPSA) is 102 Å². The number of aromatic nitrogens is 4. The molecular formula is C11H13N5O3. The standard InChI is InChI=1S/C11H13N5O3/c1-8(16-5-2-4-12-16)11(19)13-9-3-6-15(14-9)7-10(17)18/h2-6,8H,7H2,1H3,(H,17,18)(H,13,14,19). The van der Waals surface area contributed by atoms with Gasteiger partial charge in [0, 0.05) is 24.7 Å². The summed E-state index contributed by atoms with van der Waals surface area (Å²) < 4.78 is 2.75. The van der Waals surface area contributed by atoms with E-state index in [1.165, 1.54) is 21.6 Å². The molecule has 0 saturated heterocycles. The average molecular weight is 263 g/mol. The van der Waals surface area contributed by atoms with E-state index >= 15 is 0 Å². The lowest BCUT2D eigenvalue weighted by Gasteiger charge is -2.10. The molecule has 2 aromatic heterocycles. The number of aliphatic carboxylic acids is 1. The molecule has 2 aromatic rings. The van der Waals surface area contributed by atoms with Crippen LogP contribution in [0.5, 0.6) is 0 Å². The fraction of sp³-hybridized carbons (Fsp3) is 0.273. The molecule has 0 aliphatic carbocycles. The quantitative estimate of drug-likeness (QED) is 0.811. The van der Waals surface area contributed by atoms with Crippen molar-refractivity contribution in [2.75, 3.05) is 5.32 Å². The van der Waals surface area contributed by atoms with Crippen LogP contribution in [-0.2, 0) is 16.1 Å². The normalized spacial score (nSPS) is 12.1. The van der Waals surface area contributed by atoms with E-state index in [1.807, 2.05) is 0 Å². The number of nitrogens with zero attached hydrogens (tertiary/aromatic N) is 4. The van der Waals surface area contributed by atoms with Gasteiger partial charge in [0.1, 0.15) is 12.6 Å². The predicted octanol–water partition coefficient (Wildman–Crippen LogP) is 0.364. The van der Waals surface area contributed by atoms with Crippen molar-refractivity contribution in [3.63, 3.8) is 0 Å². The van der Waals surface area contributed by atoms with Crippen LogP contribution >= 0.6 is 0 Å². The van der Waals surface area contributed by atoms with Gasteiger partial charge in [0.15, 0.2) is 5.82 Å². The van der Waals surface area contributed by atoms with Crippen molar-refractivity contribution in [1.82, 2.24) is 19.6 Å². The first-order chi connectivity index (χ1) is 9.06. The number of carbonyl (C=O) groups is 2. The number of hydrogen-bond acceptors (Lipinski definition) is 4. The molecule has 2 rings (SSSR count).